The smallest absolute Gasteiger partial charge is 0.411 e. The Kier molecular flexibility index (Phi) is 7.85. The van der Waals surface area contributed by atoms with Gasteiger partial charge in [-0.25, -0.2) is 4.79 Å². The fraction of sp³-hybridized carbons (Fsp3) is 0.478. The Morgan fingerprint density at radius 3 is 2.79 bits per heavy atom. The highest BCUT2D eigenvalue weighted by molar-refractivity contribution is 5.85. The van der Waals surface area contributed by atoms with E-state index in [1.165, 1.54) is 38.5 Å². The number of ether oxygens (including phenoxy) is 1. The number of aromatic nitrogens is 1. The Bertz CT molecular complexity index is 730. The van der Waals surface area contributed by atoms with Crippen LogP contribution in [0.25, 0.3) is 0 Å². The molecule has 2 aromatic rings. The number of anilines is 1. The van der Waals surface area contributed by atoms with E-state index in [9.17, 15) is 4.79 Å². The summed E-state index contributed by atoms with van der Waals surface area (Å²) in [5.41, 5.74) is 2.72. The molecule has 1 fully saturated rings. The molecule has 0 bridgehead atoms. The molecule has 1 aromatic carbocycles. The summed E-state index contributed by atoms with van der Waals surface area (Å²) in [4.78, 5) is 16.2. The molecule has 2 N–H and O–H groups in total. The zero-order valence-electron chi connectivity index (χ0n) is 16.7. The van der Waals surface area contributed by atoms with Crippen molar-refractivity contribution in [2.24, 2.45) is 5.92 Å². The minimum absolute atomic E-state index is 0.207. The van der Waals surface area contributed by atoms with Gasteiger partial charge in [0.2, 0.25) is 0 Å². The molecule has 0 unspecified atom stereocenters. The first-order chi connectivity index (χ1) is 13.7. The SMILES string of the molecule is C[C@@H](CC1CCCCC1)NCc1ccccc1NC(=O)OCc1cccnc1. The van der Waals surface area contributed by atoms with Gasteiger partial charge >= 0.3 is 6.09 Å². The molecule has 0 saturated heterocycles. The summed E-state index contributed by atoms with van der Waals surface area (Å²) in [5, 5.41) is 6.48. The van der Waals surface area contributed by atoms with Crippen LogP contribution in [0.1, 0.15) is 56.6 Å². The number of pyridine rings is 1. The molecule has 3 rings (SSSR count). The second-order valence-electron chi connectivity index (χ2n) is 7.74. The lowest BCUT2D eigenvalue weighted by Crippen LogP contribution is -2.29. The Hall–Kier alpha value is -2.40. The van der Waals surface area contributed by atoms with E-state index in [1.54, 1.807) is 12.4 Å². The standard InChI is InChI=1S/C23H31N3O2/c1-18(14-19-8-3-2-4-9-19)25-16-21-11-5-6-12-22(21)26-23(27)28-17-20-10-7-13-24-15-20/h5-7,10-13,15,18-19,25H,2-4,8-9,14,16-17H2,1H3,(H,26,27)/t18-/m0/s1. The topological polar surface area (TPSA) is 63.2 Å². The highest BCUT2D eigenvalue weighted by Crippen LogP contribution is 2.27. The number of carbonyl (C=O) groups is 1. The van der Waals surface area contributed by atoms with Gasteiger partial charge in [0.05, 0.1) is 0 Å². The van der Waals surface area contributed by atoms with Crippen LogP contribution in [0, 0.1) is 5.92 Å². The molecule has 0 spiro atoms. The number of amides is 1. The van der Waals surface area contributed by atoms with Crippen molar-refractivity contribution >= 4 is 11.8 Å². The average molecular weight is 382 g/mol. The predicted octanol–water partition coefficient (Wildman–Crippen LogP) is 5.28. The monoisotopic (exact) mass is 381 g/mol. The maximum absolute atomic E-state index is 12.2. The van der Waals surface area contributed by atoms with Crippen LogP contribution < -0.4 is 10.6 Å². The number of nitrogens with one attached hydrogen (secondary N) is 2. The van der Waals surface area contributed by atoms with Crippen molar-refractivity contribution in [3.8, 4) is 0 Å². The van der Waals surface area contributed by atoms with Crippen molar-refractivity contribution < 1.29 is 9.53 Å². The molecule has 1 heterocycles. The largest absolute Gasteiger partial charge is 0.444 e. The maximum atomic E-state index is 12.2. The zero-order valence-corrected chi connectivity index (χ0v) is 16.7. The average Bonchev–Trinajstić information content (AvgIpc) is 2.73. The van der Waals surface area contributed by atoms with E-state index in [4.69, 9.17) is 4.74 Å². The number of nitrogens with zero attached hydrogens (tertiary/aromatic N) is 1. The summed E-state index contributed by atoms with van der Waals surface area (Å²) in [5.74, 6) is 0.854. The molecule has 1 aromatic heterocycles. The van der Waals surface area contributed by atoms with Crippen LogP contribution in [-0.2, 0) is 17.9 Å². The van der Waals surface area contributed by atoms with Gasteiger partial charge in [0.25, 0.3) is 0 Å². The molecule has 1 saturated carbocycles. The second-order valence-corrected chi connectivity index (χ2v) is 7.74. The van der Waals surface area contributed by atoms with Crippen LogP contribution in [0.5, 0.6) is 0 Å². The minimum atomic E-state index is -0.452. The Balaban J connectivity index is 1.47. The fourth-order valence-corrected chi connectivity index (χ4v) is 3.87. The van der Waals surface area contributed by atoms with E-state index >= 15 is 0 Å². The third-order valence-electron chi connectivity index (χ3n) is 5.40. The Morgan fingerprint density at radius 2 is 2.00 bits per heavy atom. The van der Waals surface area contributed by atoms with E-state index in [2.05, 4.69) is 22.5 Å². The predicted molar refractivity (Wildman–Crippen MR) is 112 cm³/mol. The third-order valence-corrected chi connectivity index (χ3v) is 5.40. The van der Waals surface area contributed by atoms with Crippen LogP contribution in [0.3, 0.4) is 0 Å². The van der Waals surface area contributed by atoms with Gasteiger partial charge in [-0.3, -0.25) is 10.3 Å². The van der Waals surface area contributed by atoms with Crippen molar-refractivity contribution in [3.63, 3.8) is 0 Å². The molecule has 5 heteroatoms. The molecule has 150 valence electrons. The van der Waals surface area contributed by atoms with Crippen LogP contribution in [0.4, 0.5) is 10.5 Å². The minimum Gasteiger partial charge on any atom is -0.444 e. The van der Waals surface area contributed by atoms with Gasteiger partial charge in [0.1, 0.15) is 6.61 Å². The molecule has 5 nitrogen and oxygen atoms in total. The first-order valence-electron chi connectivity index (χ1n) is 10.3. The highest BCUT2D eigenvalue weighted by Gasteiger charge is 2.16. The number of hydrogen-bond acceptors (Lipinski definition) is 4. The van der Waals surface area contributed by atoms with Crippen molar-refractivity contribution in [2.45, 2.75) is 64.6 Å². The lowest BCUT2D eigenvalue weighted by Gasteiger charge is -2.25. The summed E-state index contributed by atoms with van der Waals surface area (Å²) in [6, 6.07) is 12.0. The van der Waals surface area contributed by atoms with E-state index in [0.29, 0.717) is 6.04 Å². The summed E-state index contributed by atoms with van der Waals surface area (Å²) < 4.78 is 5.30. The van der Waals surface area contributed by atoms with E-state index < -0.39 is 6.09 Å². The van der Waals surface area contributed by atoms with Crippen LogP contribution >= 0.6 is 0 Å². The normalized spacial score (nSPS) is 15.8. The summed E-state index contributed by atoms with van der Waals surface area (Å²) >= 11 is 0. The van der Waals surface area contributed by atoms with Crippen LogP contribution in [0.15, 0.2) is 48.8 Å². The molecule has 0 aliphatic heterocycles. The molecule has 28 heavy (non-hydrogen) atoms. The zero-order chi connectivity index (χ0) is 19.6. The van der Waals surface area contributed by atoms with E-state index in [-0.39, 0.29) is 6.61 Å². The van der Waals surface area contributed by atoms with E-state index in [1.807, 2.05) is 36.4 Å². The van der Waals surface area contributed by atoms with Crippen molar-refractivity contribution in [1.82, 2.24) is 10.3 Å². The number of carbonyl (C=O) groups excluding carboxylic acids is 1. The fourth-order valence-electron chi connectivity index (χ4n) is 3.87. The first kappa shape index (κ1) is 20.3. The molecule has 1 aliphatic rings. The first-order valence-corrected chi connectivity index (χ1v) is 10.3. The summed E-state index contributed by atoms with van der Waals surface area (Å²) in [6.07, 6.45) is 11.1. The lowest BCUT2D eigenvalue weighted by atomic mass is 9.85. The van der Waals surface area contributed by atoms with Gasteiger partial charge in [0, 0.05) is 36.2 Å². The Morgan fingerprint density at radius 1 is 1.18 bits per heavy atom. The third kappa shape index (κ3) is 6.64. The molecular weight excluding hydrogens is 350 g/mol. The number of para-hydroxylation sites is 1. The highest BCUT2D eigenvalue weighted by atomic mass is 16.5. The van der Waals surface area contributed by atoms with Gasteiger partial charge in [0.15, 0.2) is 0 Å². The quantitative estimate of drug-likeness (QED) is 0.653. The second kappa shape index (κ2) is 10.8. The summed E-state index contributed by atoms with van der Waals surface area (Å²) in [7, 11) is 0. The van der Waals surface area contributed by atoms with Gasteiger partial charge in [-0.15, -0.1) is 0 Å². The maximum Gasteiger partial charge on any atom is 0.411 e. The summed E-state index contributed by atoms with van der Waals surface area (Å²) in [6.45, 7) is 3.19. The lowest BCUT2D eigenvalue weighted by molar-refractivity contribution is 0.155. The number of rotatable bonds is 8. The van der Waals surface area contributed by atoms with Gasteiger partial charge in [-0.05, 0) is 37.0 Å². The van der Waals surface area contributed by atoms with Gasteiger partial charge < -0.3 is 10.1 Å². The van der Waals surface area contributed by atoms with E-state index in [0.717, 1.165) is 29.3 Å². The van der Waals surface area contributed by atoms with Crippen LogP contribution in [0.2, 0.25) is 0 Å². The molecule has 1 aliphatic carbocycles. The molecule has 0 radical (unpaired) electrons. The van der Waals surface area contributed by atoms with Gasteiger partial charge in [-0.1, -0.05) is 56.4 Å². The number of hydrogen-bond donors (Lipinski definition) is 2. The number of benzene rings is 1. The molecule has 1 amide bonds. The van der Waals surface area contributed by atoms with Gasteiger partial charge in [-0.2, -0.15) is 0 Å². The molecule has 1 atom stereocenters. The van der Waals surface area contributed by atoms with Crippen molar-refractivity contribution in [2.75, 3.05) is 5.32 Å². The Labute approximate surface area is 167 Å². The van der Waals surface area contributed by atoms with Crippen molar-refractivity contribution in [3.05, 3.63) is 59.9 Å². The van der Waals surface area contributed by atoms with Crippen LogP contribution in [-0.4, -0.2) is 17.1 Å². The molecular formula is C23H31N3O2. The van der Waals surface area contributed by atoms with Crippen molar-refractivity contribution in [1.29, 1.82) is 0 Å².